The van der Waals surface area contributed by atoms with Crippen molar-refractivity contribution in [3.63, 3.8) is 0 Å². The number of carbonyl (C=O) groups excluding carboxylic acids is 1. The van der Waals surface area contributed by atoms with Crippen LogP contribution >= 0.6 is 0 Å². The van der Waals surface area contributed by atoms with Crippen LogP contribution in [0.1, 0.15) is 26.5 Å². The highest BCUT2D eigenvalue weighted by atomic mass is 16.5. The number of ether oxygens (including phenoxy) is 1. The summed E-state index contributed by atoms with van der Waals surface area (Å²) < 4.78 is 12.9. The highest BCUT2D eigenvalue weighted by Crippen LogP contribution is 2.29. The van der Waals surface area contributed by atoms with Gasteiger partial charge in [-0.05, 0) is 48.5 Å². The molecule has 0 unspecified atom stereocenters. The van der Waals surface area contributed by atoms with Gasteiger partial charge in [0.2, 0.25) is 0 Å². The van der Waals surface area contributed by atoms with E-state index in [2.05, 4.69) is 51.7 Å². The number of H-pyrrole nitrogens is 1. The summed E-state index contributed by atoms with van der Waals surface area (Å²) in [6.45, 7) is 6.21. The summed E-state index contributed by atoms with van der Waals surface area (Å²) in [5.41, 5.74) is 4.28. The molecule has 0 fully saturated rings. The highest BCUT2D eigenvalue weighted by molar-refractivity contribution is 5.99. The number of urea groups is 1. The molecule has 0 atom stereocenters. The number of nitrogens with one attached hydrogen (secondary N) is 3. The number of hydrogen-bond acceptors (Lipinski definition) is 7. The zero-order valence-electron chi connectivity index (χ0n) is 22.0. The second-order valence-corrected chi connectivity index (χ2v) is 10.2. The molecule has 0 aliphatic carbocycles. The van der Waals surface area contributed by atoms with Crippen LogP contribution in [0, 0.1) is 0 Å². The van der Waals surface area contributed by atoms with Gasteiger partial charge in [-0.2, -0.15) is 10.2 Å². The predicted molar refractivity (Wildman–Crippen MR) is 151 cm³/mol. The third kappa shape index (κ3) is 5.25. The Hall–Kier alpha value is -5.45. The Morgan fingerprint density at radius 3 is 2.60 bits per heavy atom. The molecule has 0 aliphatic heterocycles. The monoisotopic (exact) mass is 534 g/mol. The quantitative estimate of drug-likeness (QED) is 0.221. The number of hydrogen-bond donors (Lipinski definition) is 3. The maximum absolute atomic E-state index is 13.0. The molecule has 2 amide bonds. The minimum atomic E-state index is -0.403. The predicted octanol–water partition coefficient (Wildman–Crippen LogP) is 6.53. The van der Waals surface area contributed by atoms with Crippen LogP contribution in [-0.2, 0) is 5.41 Å². The molecule has 0 radical (unpaired) electrons. The van der Waals surface area contributed by atoms with Crippen LogP contribution in [0.3, 0.4) is 0 Å². The Labute approximate surface area is 229 Å². The Kier molecular flexibility index (Phi) is 6.23. The molecule has 0 saturated heterocycles. The number of fused-ring (bicyclic) bond motifs is 1. The van der Waals surface area contributed by atoms with Gasteiger partial charge in [-0.3, -0.25) is 15.4 Å². The van der Waals surface area contributed by atoms with E-state index in [9.17, 15) is 4.79 Å². The van der Waals surface area contributed by atoms with Crippen molar-refractivity contribution in [2.45, 2.75) is 26.2 Å². The van der Waals surface area contributed by atoms with Gasteiger partial charge < -0.3 is 14.6 Å². The Morgan fingerprint density at radius 2 is 1.82 bits per heavy atom. The van der Waals surface area contributed by atoms with Crippen LogP contribution in [0.15, 0.2) is 90.0 Å². The number of benzene rings is 2. The van der Waals surface area contributed by atoms with Gasteiger partial charge in [0.1, 0.15) is 17.3 Å². The van der Waals surface area contributed by atoms with E-state index in [0.29, 0.717) is 28.6 Å². The van der Waals surface area contributed by atoms with E-state index in [4.69, 9.17) is 14.4 Å². The normalized spacial score (nSPS) is 11.5. The summed E-state index contributed by atoms with van der Waals surface area (Å²) in [6, 6.07) is 17.8. The molecule has 11 heteroatoms. The molecule has 3 N–H and O–H groups in total. The Bertz CT molecular complexity index is 1780. The maximum atomic E-state index is 13.0. The average molecular weight is 535 g/mol. The first-order chi connectivity index (χ1) is 19.3. The van der Waals surface area contributed by atoms with Crippen LogP contribution in [0.5, 0.6) is 11.5 Å². The topological polar surface area (TPSA) is 136 Å². The minimum Gasteiger partial charge on any atom is -0.457 e. The van der Waals surface area contributed by atoms with E-state index in [-0.39, 0.29) is 5.41 Å². The molecule has 40 heavy (non-hydrogen) atoms. The van der Waals surface area contributed by atoms with Gasteiger partial charge in [-0.15, -0.1) is 0 Å². The first-order valence-corrected chi connectivity index (χ1v) is 12.6. The van der Waals surface area contributed by atoms with E-state index in [1.165, 1.54) is 0 Å². The van der Waals surface area contributed by atoms with Gasteiger partial charge in [0.05, 0.1) is 29.5 Å². The van der Waals surface area contributed by atoms with Crippen LogP contribution in [-0.4, -0.2) is 36.1 Å². The van der Waals surface area contributed by atoms with E-state index in [0.717, 1.165) is 28.0 Å². The highest BCUT2D eigenvalue weighted by Gasteiger charge is 2.22. The van der Waals surface area contributed by atoms with Gasteiger partial charge in [-0.1, -0.05) is 25.9 Å². The van der Waals surface area contributed by atoms with E-state index < -0.39 is 6.03 Å². The first kappa shape index (κ1) is 24.9. The summed E-state index contributed by atoms with van der Waals surface area (Å²) >= 11 is 0. The molecule has 4 heterocycles. The molecule has 6 aromatic rings. The smallest absolute Gasteiger partial charge is 0.324 e. The molecular formula is C29H26N8O3. The summed E-state index contributed by atoms with van der Waals surface area (Å²) in [4.78, 5) is 17.3. The number of carbonyl (C=O) groups is 1. The number of pyridine rings is 1. The number of rotatable bonds is 6. The lowest BCUT2D eigenvalue weighted by atomic mass is 9.92. The van der Waals surface area contributed by atoms with Crippen LogP contribution in [0.25, 0.3) is 27.9 Å². The molecule has 0 bridgehead atoms. The molecule has 0 saturated carbocycles. The van der Waals surface area contributed by atoms with Crippen molar-refractivity contribution in [2.75, 3.05) is 10.6 Å². The molecular weight excluding hydrogens is 508 g/mol. The first-order valence-electron chi connectivity index (χ1n) is 12.6. The fourth-order valence-corrected chi connectivity index (χ4v) is 4.07. The number of aromatic amines is 1. The summed E-state index contributed by atoms with van der Waals surface area (Å²) in [6.07, 6.45) is 6.79. The van der Waals surface area contributed by atoms with Crippen molar-refractivity contribution in [2.24, 2.45) is 0 Å². The van der Waals surface area contributed by atoms with E-state index in [1.807, 2.05) is 30.3 Å². The zero-order chi connectivity index (χ0) is 27.7. The van der Waals surface area contributed by atoms with E-state index in [1.54, 1.807) is 59.8 Å². The molecule has 11 nitrogen and oxygen atoms in total. The van der Waals surface area contributed by atoms with Crippen LogP contribution in [0.2, 0.25) is 0 Å². The molecule has 2 aromatic carbocycles. The number of aromatic nitrogens is 6. The van der Waals surface area contributed by atoms with E-state index >= 15 is 0 Å². The SMILES string of the molecule is CC(C)(C)c1cc(NC(=O)Nc2ccc(Oc3ccnc(-c4cn[nH]c4)c3)cc2)n(-c2ccc3oncc3c2)n1. The lowest BCUT2D eigenvalue weighted by Crippen LogP contribution is -2.21. The fourth-order valence-electron chi connectivity index (χ4n) is 4.07. The van der Waals surface area contributed by atoms with Crippen molar-refractivity contribution >= 4 is 28.5 Å². The van der Waals surface area contributed by atoms with Gasteiger partial charge in [0.25, 0.3) is 0 Å². The van der Waals surface area contributed by atoms with Crippen molar-refractivity contribution in [1.29, 1.82) is 0 Å². The average Bonchev–Trinajstić information content (AvgIpc) is 3.70. The summed E-state index contributed by atoms with van der Waals surface area (Å²) in [7, 11) is 0. The zero-order valence-corrected chi connectivity index (χ0v) is 22.0. The van der Waals surface area contributed by atoms with Gasteiger partial charge in [0, 0.05) is 46.6 Å². The van der Waals surface area contributed by atoms with Gasteiger partial charge in [0.15, 0.2) is 5.58 Å². The second-order valence-electron chi connectivity index (χ2n) is 10.2. The molecule has 4 aromatic heterocycles. The van der Waals surface area contributed by atoms with Crippen molar-refractivity contribution in [3.05, 3.63) is 91.1 Å². The van der Waals surface area contributed by atoms with Crippen LogP contribution in [0.4, 0.5) is 16.3 Å². The summed E-state index contributed by atoms with van der Waals surface area (Å²) in [5, 5.41) is 22.0. The van der Waals surface area contributed by atoms with Gasteiger partial charge >= 0.3 is 6.03 Å². The molecule has 0 aliphatic rings. The summed E-state index contributed by atoms with van der Waals surface area (Å²) in [5.74, 6) is 1.79. The largest absolute Gasteiger partial charge is 0.457 e. The van der Waals surface area contributed by atoms with Gasteiger partial charge in [-0.25, -0.2) is 9.48 Å². The van der Waals surface area contributed by atoms with Crippen molar-refractivity contribution < 1.29 is 14.1 Å². The number of nitrogens with zero attached hydrogens (tertiary/aromatic N) is 5. The van der Waals surface area contributed by atoms with Crippen molar-refractivity contribution in [1.82, 2.24) is 30.1 Å². The molecule has 6 rings (SSSR count). The Morgan fingerprint density at radius 1 is 0.975 bits per heavy atom. The Balaban J connectivity index is 1.16. The lowest BCUT2D eigenvalue weighted by molar-refractivity contribution is 0.262. The fraction of sp³-hybridized carbons (Fsp3) is 0.138. The standard InChI is InChI=1S/C29H26N8O3/c1-29(2,3)26-14-27(37(36-26)21-6-9-25-18(12-21)17-33-40-25)35-28(38)34-20-4-7-22(8-5-20)39-23-10-11-30-24(13-23)19-15-31-32-16-19/h4-17H,1-3H3,(H,31,32)(H2,34,35,38). The number of amides is 2. The third-order valence-electron chi connectivity index (χ3n) is 6.17. The minimum absolute atomic E-state index is 0.219. The van der Waals surface area contributed by atoms with Crippen molar-refractivity contribution in [3.8, 4) is 28.4 Å². The second kappa shape index (κ2) is 10.0. The number of anilines is 2. The third-order valence-corrected chi connectivity index (χ3v) is 6.17. The lowest BCUT2D eigenvalue weighted by Gasteiger charge is -2.14. The maximum Gasteiger partial charge on any atom is 0.324 e. The van der Waals surface area contributed by atoms with Crippen LogP contribution < -0.4 is 15.4 Å². The molecule has 200 valence electrons. The molecule has 0 spiro atoms.